The highest BCUT2D eigenvalue weighted by atomic mass is 35.5. The van der Waals surface area contributed by atoms with Crippen molar-refractivity contribution in [3.05, 3.63) is 52.5 Å². The number of hydrogen-bond acceptors (Lipinski definition) is 5. The summed E-state index contributed by atoms with van der Waals surface area (Å²) in [6.07, 6.45) is 0. The van der Waals surface area contributed by atoms with Crippen LogP contribution in [0, 0.1) is 0 Å². The van der Waals surface area contributed by atoms with E-state index < -0.39 is 25.8 Å². The van der Waals surface area contributed by atoms with Crippen molar-refractivity contribution in [2.75, 3.05) is 0 Å². The molecule has 6 nitrogen and oxygen atoms in total. The Morgan fingerprint density at radius 3 is 2.04 bits per heavy atom. The van der Waals surface area contributed by atoms with Crippen molar-refractivity contribution >= 4 is 49.0 Å². The standard InChI is InChI=1S/C14H11Cl2NO5S2/c1-9(18)17-24(21,22)12-4-2-3-10(7-12)23(19,20)11-5-6-13(15)14(16)8-11/h2-8H,1H3,(H,17,18). The summed E-state index contributed by atoms with van der Waals surface area (Å²) in [6, 6.07) is 8.41. The largest absolute Gasteiger partial charge is 0.274 e. The van der Waals surface area contributed by atoms with Gasteiger partial charge < -0.3 is 0 Å². The van der Waals surface area contributed by atoms with E-state index in [0.717, 1.165) is 13.0 Å². The number of amides is 1. The molecule has 2 aromatic rings. The lowest BCUT2D eigenvalue weighted by atomic mass is 10.4. The van der Waals surface area contributed by atoms with Gasteiger partial charge in [-0.15, -0.1) is 0 Å². The van der Waals surface area contributed by atoms with Crippen LogP contribution in [-0.2, 0) is 24.7 Å². The first-order valence-corrected chi connectivity index (χ1v) is 10.1. The molecule has 0 aliphatic rings. The van der Waals surface area contributed by atoms with Gasteiger partial charge in [0.25, 0.3) is 10.0 Å². The van der Waals surface area contributed by atoms with E-state index in [0.29, 0.717) is 0 Å². The maximum atomic E-state index is 12.6. The van der Waals surface area contributed by atoms with Crippen LogP contribution in [0.5, 0.6) is 0 Å². The monoisotopic (exact) mass is 407 g/mol. The topological polar surface area (TPSA) is 97.4 Å². The average Bonchev–Trinajstić information content (AvgIpc) is 2.49. The number of sulfonamides is 1. The molecule has 0 saturated carbocycles. The van der Waals surface area contributed by atoms with Crippen LogP contribution in [0.2, 0.25) is 10.0 Å². The molecule has 1 N–H and O–H groups in total. The summed E-state index contributed by atoms with van der Waals surface area (Å²) < 4.78 is 51.0. The molecule has 0 aliphatic carbocycles. The second kappa shape index (κ2) is 6.72. The summed E-state index contributed by atoms with van der Waals surface area (Å²) in [4.78, 5) is 10.2. The van der Waals surface area contributed by atoms with E-state index in [4.69, 9.17) is 23.2 Å². The molecule has 0 aliphatic heterocycles. The molecule has 1 amide bonds. The second-order valence-electron chi connectivity index (χ2n) is 4.72. The molecule has 10 heteroatoms. The molecule has 0 heterocycles. The highest BCUT2D eigenvalue weighted by Gasteiger charge is 2.22. The molecule has 0 radical (unpaired) electrons. The normalized spacial score (nSPS) is 12.0. The molecule has 0 bridgehead atoms. The van der Waals surface area contributed by atoms with Gasteiger partial charge in [0, 0.05) is 6.92 Å². The third-order valence-electron chi connectivity index (χ3n) is 2.91. The van der Waals surface area contributed by atoms with Gasteiger partial charge in [-0.05, 0) is 36.4 Å². The van der Waals surface area contributed by atoms with Crippen LogP contribution in [0.1, 0.15) is 6.92 Å². The number of halogens is 2. The smallest absolute Gasteiger partial charge is 0.264 e. The fraction of sp³-hybridized carbons (Fsp3) is 0.0714. The number of nitrogens with one attached hydrogen (secondary N) is 1. The van der Waals surface area contributed by atoms with E-state index in [1.807, 2.05) is 0 Å². The summed E-state index contributed by atoms with van der Waals surface area (Å²) in [5.74, 6) is -0.784. The van der Waals surface area contributed by atoms with Crippen molar-refractivity contribution in [2.24, 2.45) is 0 Å². The lowest BCUT2D eigenvalue weighted by Gasteiger charge is -2.09. The SMILES string of the molecule is CC(=O)NS(=O)(=O)c1cccc(S(=O)(=O)c2ccc(Cl)c(Cl)c2)c1. The lowest BCUT2D eigenvalue weighted by Crippen LogP contribution is -2.28. The van der Waals surface area contributed by atoms with E-state index in [-0.39, 0.29) is 24.7 Å². The molecular formula is C14H11Cl2NO5S2. The molecule has 0 atom stereocenters. The Morgan fingerprint density at radius 1 is 0.875 bits per heavy atom. The van der Waals surface area contributed by atoms with Crippen molar-refractivity contribution in [1.29, 1.82) is 0 Å². The molecule has 0 saturated heterocycles. The third-order valence-corrected chi connectivity index (χ3v) is 6.82. The number of sulfone groups is 1. The molecular weight excluding hydrogens is 397 g/mol. The molecule has 2 aromatic carbocycles. The van der Waals surface area contributed by atoms with Gasteiger partial charge in [-0.1, -0.05) is 29.3 Å². The Balaban J connectivity index is 2.55. The minimum atomic E-state index is -4.15. The van der Waals surface area contributed by atoms with E-state index in [2.05, 4.69) is 0 Å². The van der Waals surface area contributed by atoms with Gasteiger partial charge in [0.2, 0.25) is 15.7 Å². The number of carbonyl (C=O) groups is 1. The first-order chi connectivity index (χ1) is 11.0. The van der Waals surface area contributed by atoms with Crippen molar-refractivity contribution in [3.8, 4) is 0 Å². The summed E-state index contributed by atoms with van der Waals surface area (Å²) in [6.45, 7) is 1.04. The van der Waals surface area contributed by atoms with Crippen molar-refractivity contribution < 1.29 is 21.6 Å². The molecule has 0 aromatic heterocycles. The predicted molar refractivity (Wildman–Crippen MR) is 89.4 cm³/mol. The Morgan fingerprint density at radius 2 is 1.46 bits per heavy atom. The van der Waals surface area contributed by atoms with Crippen LogP contribution >= 0.6 is 23.2 Å². The van der Waals surface area contributed by atoms with E-state index in [9.17, 15) is 21.6 Å². The van der Waals surface area contributed by atoms with Gasteiger partial charge in [-0.3, -0.25) is 4.79 Å². The Bertz CT molecular complexity index is 1020. The van der Waals surface area contributed by atoms with Crippen LogP contribution in [0.3, 0.4) is 0 Å². The van der Waals surface area contributed by atoms with Crippen LogP contribution in [0.15, 0.2) is 57.2 Å². The van der Waals surface area contributed by atoms with E-state index in [1.54, 1.807) is 4.72 Å². The number of rotatable bonds is 4. The third kappa shape index (κ3) is 3.89. The second-order valence-corrected chi connectivity index (χ2v) is 9.16. The number of benzene rings is 2. The van der Waals surface area contributed by atoms with Gasteiger partial charge in [0.1, 0.15) is 0 Å². The lowest BCUT2D eigenvalue weighted by molar-refractivity contribution is -0.117. The fourth-order valence-electron chi connectivity index (χ4n) is 1.84. The van der Waals surface area contributed by atoms with E-state index >= 15 is 0 Å². The highest BCUT2D eigenvalue weighted by molar-refractivity contribution is 7.92. The zero-order chi connectivity index (χ0) is 18.1. The molecule has 0 spiro atoms. The quantitative estimate of drug-likeness (QED) is 0.839. The summed E-state index contributed by atoms with van der Waals surface area (Å²) in [5, 5.41) is 0.248. The Labute approximate surface area is 149 Å². The fourth-order valence-corrected chi connectivity index (χ4v) is 4.64. The van der Waals surface area contributed by atoms with Gasteiger partial charge in [-0.25, -0.2) is 21.6 Å². The minimum Gasteiger partial charge on any atom is -0.274 e. The van der Waals surface area contributed by atoms with Gasteiger partial charge >= 0.3 is 0 Å². The van der Waals surface area contributed by atoms with E-state index in [1.165, 1.54) is 36.4 Å². The van der Waals surface area contributed by atoms with Gasteiger partial charge in [0.05, 0.1) is 24.7 Å². The Hall–Kier alpha value is -1.61. The van der Waals surface area contributed by atoms with Crippen LogP contribution in [0.25, 0.3) is 0 Å². The van der Waals surface area contributed by atoms with Crippen LogP contribution in [-0.4, -0.2) is 22.7 Å². The van der Waals surface area contributed by atoms with Gasteiger partial charge in [-0.2, -0.15) is 0 Å². The zero-order valence-corrected chi connectivity index (χ0v) is 15.3. The predicted octanol–water partition coefficient (Wildman–Crippen LogP) is 2.65. The van der Waals surface area contributed by atoms with Gasteiger partial charge in [0.15, 0.2) is 0 Å². The first-order valence-electron chi connectivity index (χ1n) is 6.37. The van der Waals surface area contributed by atoms with Crippen molar-refractivity contribution in [3.63, 3.8) is 0 Å². The Kier molecular flexibility index (Phi) is 5.24. The van der Waals surface area contributed by atoms with Crippen molar-refractivity contribution in [1.82, 2.24) is 4.72 Å². The molecule has 0 fully saturated rings. The average molecular weight is 408 g/mol. The maximum absolute atomic E-state index is 12.6. The minimum absolute atomic E-state index is 0.0553. The summed E-state index contributed by atoms with van der Waals surface area (Å²) in [7, 11) is -8.16. The first kappa shape index (κ1) is 18.7. The van der Waals surface area contributed by atoms with Crippen LogP contribution in [0.4, 0.5) is 0 Å². The summed E-state index contributed by atoms with van der Waals surface area (Å²) in [5.41, 5.74) is 0. The number of carbonyl (C=O) groups excluding carboxylic acids is 1. The van der Waals surface area contributed by atoms with Crippen LogP contribution < -0.4 is 4.72 Å². The highest BCUT2D eigenvalue weighted by Crippen LogP contribution is 2.29. The molecule has 128 valence electrons. The van der Waals surface area contributed by atoms with Crippen molar-refractivity contribution in [2.45, 2.75) is 21.6 Å². The number of hydrogen-bond donors (Lipinski definition) is 1. The molecule has 2 rings (SSSR count). The molecule has 0 unspecified atom stereocenters. The zero-order valence-electron chi connectivity index (χ0n) is 12.2. The maximum Gasteiger partial charge on any atom is 0.264 e. The summed E-state index contributed by atoms with van der Waals surface area (Å²) >= 11 is 11.6. The molecule has 24 heavy (non-hydrogen) atoms.